The second-order valence-electron chi connectivity index (χ2n) is 3.33. The first-order valence-corrected chi connectivity index (χ1v) is 5.04. The normalized spacial score (nSPS) is 9.18. The number of hydrogen-bond donors (Lipinski definition) is 0. The van der Waals surface area contributed by atoms with Crippen LogP contribution in [-0.4, -0.2) is 5.97 Å². The summed E-state index contributed by atoms with van der Waals surface area (Å²) in [6, 6.07) is 14.7. The molecule has 0 amide bonds. The molecule has 0 N–H and O–H groups in total. The molecule has 17 heavy (non-hydrogen) atoms. The van der Waals surface area contributed by atoms with Crippen molar-refractivity contribution in [2.24, 2.45) is 0 Å². The molecule has 0 unspecified atom stereocenters. The largest absolute Gasteiger partial charge is 1.00 e. The average Bonchev–Trinajstić information content (AvgIpc) is 2.31. The zero-order valence-electron chi connectivity index (χ0n) is 9.12. The maximum absolute atomic E-state index is 11.5. The molecule has 0 aliphatic rings. The maximum Gasteiger partial charge on any atom is 0.378 e. The van der Waals surface area contributed by atoms with Gasteiger partial charge >= 0.3 is 5.97 Å². The molecule has 0 atom stereocenters. The molecular formula is C13H12BrNO2. The third kappa shape index (κ3) is 4.36. The first-order chi connectivity index (χ1) is 7.84. The number of ether oxygens (including phenoxy) is 1. The van der Waals surface area contributed by atoms with Crippen LogP contribution in [-0.2, 0) is 11.3 Å². The predicted octanol–water partition coefficient (Wildman–Crippen LogP) is -1.42. The number of carbonyl (C=O) groups excluding carboxylic acids is 1. The lowest BCUT2D eigenvalue weighted by atomic mass is 10.3. The second kappa shape index (κ2) is 6.81. The fourth-order valence-corrected chi connectivity index (χ4v) is 1.34. The molecule has 1 heterocycles. The molecule has 0 saturated heterocycles. The van der Waals surface area contributed by atoms with Crippen molar-refractivity contribution in [3.05, 3.63) is 60.9 Å². The summed E-state index contributed by atoms with van der Waals surface area (Å²) in [6.07, 6.45) is 3.65. The molecular weight excluding hydrogens is 282 g/mol. The molecule has 0 bridgehead atoms. The number of rotatable bonds is 3. The number of nitrogens with zero attached hydrogens (tertiary/aromatic N) is 1. The minimum Gasteiger partial charge on any atom is -1.00 e. The van der Waals surface area contributed by atoms with Gasteiger partial charge in [0.1, 0.15) is 5.75 Å². The van der Waals surface area contributed by atoms with Crippen molar-refractivity contribution < 1.29 is 31.1 Å². The van der Waals surface area contributed by atoms with Gasteiger partial charge in [0.05, 0.1) is 0 Å². The van der Waals surface area contributed by atoms with E-state index >= 15 is 0 Å². The Morgan fingerprint density at radius 3 is 2.24 bits per heavy atom. The van der Waals surface area contributed by atoms with Crippen molar-refractivity contribution in [2.75, 3.05) is 0 Å². The molecule has 0 radical (unpaired) electrons. The zero-order valence-corrected chi connectivity index (χ0v) is 10.7. The van der Waals surface area contributed by atoms with E-state index in [0.717, 1.165) is 0 Å². The highest BCUT2D eigenvalue weighted by molar-refractivity contribution is 5.70. The Labute approximate surface area is 110 Å². The van der Waals surface area contributed by atoms with Crippen molar-refractivity contribution in [2.45, 2.75) is 6.54 Å². The minimum atomic E-state index is -0.276. The summed E-state index contributed by atoms with van der Waals surface area (Å²) >= 11 is 0. The number of pyridine rings is 1. The van der Waals surface area contributed by atoms with Crippen molar-refractivity contribution in [1.29, 1.82) is 0 Å². The number of benzene rings is 1. The third-order valence-electron chi connectivity index (χ3n) is 2.06. The monoisotopic (exact) mass is 293 g/mol. The Bertz CT molecular complexity index is 416. The minimum absolute atomic E-state index is 0. The summed E-state index contributed by atoms with van der Waals surface area (Å²) in [6.45, 7) is 0.218. The summed E-state index contributed by atoms with van der Waals surface area (Å²) in [5, 5.41) is 0. The Hall–Kier alpha value is -1.68. The van der Waals surface area contributed by atoms with E-state index in [9.17, 15) is 4.79 Å². The van der Waals surface area contributed by atoms with Gasteiger partial charge in [-0.15, -0.1) is 0 Å². The van der Waals surface area contributed by atoms with E-state index in [2.05, 4.69) is 0 Å². The lowest BCUT2D eigenvalue weighted by molar-refractivity contribution is -0.685. The van der Waals surface area contributed by atoms with E-state index < -0.39 is 0 Å². The van der Waals surface area contributed by atoms with E-state index in [1.165, 1.54) is 0 Å². The number of carbonyl (C=O) groups is 1. The summed E-state index contributed by atoms with van der Waals surface area (Å²) in [5.74, 6) is 0.298. The van der Waals surface area contributed by atoms with Crippen molar-refractivity contribution in [3.63, 3.8) is 0 Å². The molecule has 1 aromatic heterocycles. The highest BCUT2D eigenvalue weighted by atomic mass is 79.9. The first-order valence-electron chi connectivity index (χ1n) is 5.04. The van der Waals surface area contributed by atoms with Gasteiger partial charge in [-0.25, -0.2) is 4.79 Å². The number of esters is 1. The van der Waals surface area contributed by atoms with Crippen LogP contribution in [0.4, 0.5) is 0 Å². The van der Waals surface area contributed by atoms with Crippen LogP contribution in [0.1, 0.15) is 0 Å². The van der Waals surface area contributed by atoms with Gasteiger partial charge in [0.25, 0.3) is 0 Å². The fourth-order valence-electron chi connectivity index (χ4n) is 1.34. The zero-order chi connectivity index (χ0) is 11.2. The van der Waals surface area contributed by atoms with Crippen LogP contribution in [0.15, 0.2) is 60.9 Å². The Morgan fingerprint density at radius 2 is 1.59 bits per heavy atom. The molecule has 1 aromatic carbocycles. The highest BCUT2D eigenvalue weighted by Gasteiger charge is 2.10. The lowest BCUT2D eigenvalue weighted by Gasteiger charge is -2.00. The molecule has 0 fully saturated rings. The van der Waals surface area contributed by atoms with Crippen molar-refractivity contribution >= 4 is 5.97 Å². The highest BCUT2D eigenvalue weighted by Crippen LogP contribution is 2.08. The molecule has 88 valence electrons. The van der Waals surface area contributed by atoms with E-state index in [1.807, 2.05) is 48.8 Å². The van der Waals surface area contributed by atoms with Gasteiger partial charge < -0.3 is 21.7 Å². The Balaban J connectivity index is 0.00000144. The number of hydrogen-bond acceptors (Lipinski definition) is 2. The second-order valence-corrected chi connectivity index (χ2v) is 3.33. The first kappa shape index (κ1) is 13.4. The molecule has 0 aliphatic heterocycles. The summed E-state index contributed by atoms with van der Waals surface area (Å²) in [5.41, 5.74) is 0. The molecule has 2 aromatic rings. The van der Waals surface area contributed by atoms with E-state index in [1.54, 1.807) is 16.7 Å². The van der Waals surface area contributed by atoms with Gasteiger partial charge in [-0.2, -0.15) is 4.57 Å². The topological polar surface area (TPSA) is 30.2 Å². The van der Waals surface area contributed by atoms with Gasteiger partial charge in [-0.3, -0.25) is 0 Å². The standard InChI is InChI=1S/C13H12NO2.BrH/c15-13(11-14-9-5-2-6-10-14)16-12-7-3-1-4-8-12;/h1-10H,11H2;1H/q+1;/p-1. The van der Waals surface area contributed by atoms with Gasteiger partial charge in [0.2, 0.25) is 6.54 Å². The maximum atomic E-state index is 11.5. The molecule has 4 heteroatoms. The van der Waals surface area contributed by atoms with E-state index in [-0.39, 0.29) is 29.5 Å². The van der Waals surface area contributed by atoms with Crippen molar-refractivity contribution in [1.82, 2.24) is 0 Å². The van der Waals surface area contributed by atoms with E-state index in [0.29, 0.717) is 5.75 Å². The van der Waals surface area contributed by atoms with Crippen LogP contribution < -0.4 is 26.3 Å². The molecule has 2 rings (SSSR count). The smallest absolute Gasteiger partial charge is 0.378 e. The Kier molecular flexibility index (Phi) is 5.36. The Morgan fingerprint density at radius 1 is 1.00 bits per heavy atom. The van der Waals surface area contributed by atoms with E-state index in [4.69, 9.17) is 4.74 Å². The SMILES string of the molecule is O=C(C[n+]1ccccc1)Oc1ccccc1.[Br-]. The average molecular weight is 294 g/mol. The van der Waals surface area contributed by atoms with Gasteiger partial charge in [0, 0.05) is 12.1 Å². The number of aromatic nitrogens is 1. The molecule has 0 aliphatic carbocycles. The number of para-hydroxylation sites is 1. The van der Waals surface area contributed by atoms with Crippen LogP contribution in [0.25, 0.3) is 0 Å². The van der Waals surface area contributed by atoms with Crippen molar-refractivity contribution in [3.8, 4) is 5.75 Å². The van der Waals surface area contributed by atoms with Gasteiger partial charge in [-0.05, 0) is 12.1 Å². The molecule has 3 nitrogen and oxygen atoms in total. The summed E-state index contributed by atoms with van der Waals surface area (Å²) in [4.78, 5) is 11.5. The van der Waals surface area contributed by atoms with Crippen LogP contribution in [0.3, 0.4) is 0 Å². The summed E-state index contributed by atoms with van der Waals surface area (Å²) in [7, 11) is 0. The van der Waals surface area contributed by atoms with Gasteiger partial charge in [-0.1, -0.05) is 24.3 Å². The lowest BCUT2D eigenvalue weighted by Crippen LogP contribution is -3.00. The van der Waals surface area contributed by atoms with Crippen LogP contribution >= 0.6 is 0 Å². The fraction of sp³-hybridized carbons (Fsp3) is 0.0769. The quantitative estimate of drug-likeness (QED) is 0.395. The predicted molar refractivity (Wildman–Crippen MR) is 58.7 cm³/mol. The van der Waals surface area contributed by atoms with Gasteiger partial charge in [0.15, 0.2) is 12.4 Å². The molecule has 0 saturated carbocycles. The molecule has 0 spiro atoms. The van der Waals surface area contributed by atoms with Crippen LogP contribution in [0.2, 0.25) is 0 Å². The number of halogens is 1. The summed E-state index contributed by atoms with van der Waals surface area (Å²) < 4.78 is 6.93. The van der Waals surface area contributed by atoms with Crippen LogP contribution in [0.5, 0.6) is 5.75 Å². The van der Waals surface area contributed by atoms with Crippen LogP contribution in [0, 0.1) is 0 Å². The third-order valence-corrected chi connectivity index (χ3v) is 2.06.